The van der Waals surface area contributed by atoms with Gasteiger partial charge in [-0.2, -0.15) is 0 Å². The summed E-state index contributed by atoms with van der Waals surface area (Å²) in [6.07, 6.45) is 6.30. The number of aryl methyl sites for hydroxylation is 3. The van der Waals surface area contributed by atoms with E-state index >= 15 is 0 Å². The summed E-state index contributed by atoms with van der Waals surface area (Å²) in [5, 5.41) is 21.3. The van der Waals surface area contributed by atoms with Gasteiger partial charge >= 0.3 is 0 Å². The number of nitrogens with zero attached hydrogens (tertiary/aromatic N) is 7. The molecule has 37 heavy (non-hydrogen) atoms. The van der Waals surface area contributed by atoms with Gasteiger partial charge in [0.15, 0.2) is 5.60 Å². The first-order chi connectivity index (χ1) is 17.8. The van der Waals surface area contributed by atoms with E-state index in [0.717, 1.165) is 5.69 Å². The monoisotopic (exact) mass is 517 g/mol. The van der Waals surface area contributed by atoms with E-state index in [-0.39, 0.29) is 23.3 Å². The average Bonchev–Trinajstić information content (AvgIpc) is 3.34. The zero-order valence-corrected chi connectivity index (χ0v) is 21.4. The molecule has 1 aromatic carbocycles. The van der Waals surface area contributed by atoms with E-state index in [1.807, 2.05) is 26.0 Å². The summed E-state index contributed by atoms with van der Waals surface area (Å²) in [6.45, 7) is 3.88. The van der Waals surface area contributed by atoms with Crippen molar-refractivity contribution >= 4 is 22.5 Å². The third-order valence-electron chi connectivity index (χ3n) is 6.14. The van der Waals surface area contributed by atoms with Gasteiger partial charge in [0.1, 0.15) is 6.61 Å². The van der Waals surface area contributed by atoms with Gasteiger partial charge in [-0.25, -0.2) is 9.67 Å². The number of fused-ring (bicyclic) bond motifs is 1. The molecule has 11 heteroatoms. The number of rotatable bonds is 7. The fourth-order valence-electron chi connectivity index (χ4n) is 4.35. The van der Waals surface area contributed by atoms with Crippen LogP contribution in [0.4, 0.5) is 0 Å². The van der Waals surface area contributed by atoms with Crippen LogP contribution in [0.1, 0.15) is 33.9 Å². The van der Waals surface area contributed by atoms with Crippen molar-refractivity contribution in [1.82, 2.24) is 34.9 Å². The van der Waals surface area contributed by atoms with Crippen molar-refractivity contribution in [3.8, 4) is 11.6 Å². The van der Waals surface area contributed by atoms with Crippen LogP contribution < -0.4 is 9.47 Å². The van der Waals surface area contributed by atoms with Crippen molar-refractivity contribution < 1.29 is 14.6 Å². The summed E-state index contributed by atoms with van der Waals surface area (Å²) in [6, 6.07) is 9.06. The second-order valence-corrected chi connectivity index (χ2v) is 8.90. The molecular weight excluding hydrogens is 494 g/mol. The average molecular weight is 518 g/mol. The maximum absolute atomic E-state index is 12.4. The number of hydrogen-bond donors (Lipinski definition) is 1. The first-order valence-corrected chi connectivity index (χ1v) is 11.8. The molecule has 188 valence electrons. The Morgan fingerprint density at radius 1 is 1.08 bits per heavy atom. The maximum atomic E-state index is 12.4. The molecule has 0 bridgehead atoms. The van der Waals surface area contributed by atoms with Crippen molar-refractivity contribution in [3.63, 3.8) is 0 Å². The molecule has 0 aliphatic rings. The summed E-state index contributed by atoms with van der Waals surface area (Å²) in [5.74, 6) is 0.497. The van der Waals surface area contributed by atoms with Gasteiger partial charge < -0.3 is 14.6 Å². The SMILES string of the molecule is COc1nc2ccc(C(O)(c3ccc(C)nc3C)c3cnnn3C)cc2c(Cl)c1OCc1cnccn1. The van der Waals surface area contributed by atoms with Gasteiger partial charge in [0, 0.05) is 41.8 Å². The van der Waals surface area contributed by atoms with Crippen molar-refractivity contribution in [2.24, 2.45) is 7.05 Å². The first-order valence-electron chi connectivity index (χ1n) is 11.4. The minimum absolute atomic E-state index is 0.121. The summed E-state index contributed by atoms with van der Waals surface area (Å²) in [7, 11) is 3.22. The molecule has 0 aliphatic carbocycles. The molecule has 4 aromatic heterocycles. The predicted molar refractivity (Wildman–Crippen MR) is 136 cm³/mol. The van der Waals surface area contributed by atoms with Gasteiger partial charge in [0.25, 0.3) is 5.88 Å². The Morgan fingerprint density at radius 2 is 1.92 bits per heavy atom. The van der Waals surface area contributed by atoms with Crippen molar-refractivity contribution in [1.29, 1.82) is 0 Å². The lowest BCUT2D eigenvalue weighted by Crippen LogP contribution is -2.32. The van der Waals surface area contributed by atoms with Crippen LogP contribution in [0.5, 0.6) is 11.6 Å². The van der Waals surface area contributed by atoms with Gasteiger partial charge in [0.2, 0.25) is 5.75 Å². The minimum atomic E-state index is -1.62. The molecule has 10 nitrogen and oxygen atoms in total. The zero-order valence-electron chi connectivity index (χ0n) is 20.7. The number of methoxy groups -OCH3 is 1. The molecule has 0 fully saturated rings. The van der Waals surface area contributed by atoms with Gasteiger partial charge in [-0.3, -0.25) is 15.0 Å². The maximum Gasteiger partial charge on any atom is 0.258 e. The van der Waals surface area contributed by atoms with Crippen LogP contribution in [-0.4, -0.2) is 47.1 Å². The quantitative estimate of drug-likeness (QED) is 0.344. The van der Waals surface area contributed by atoms with Gasteiger partial charge in [-0.05, 0) is 37.6 Å². The Hall–Kier alpha value is -4.15. The fourth-order valence-corrected chi connectivity index (χ4v) is 4.64. The van der Waals surface area contributed by atoms with Crippen LogP contribution in [0.3, 0.4) is 0 Å². The minimum Gasteiger partial charge on any atom is -0.480 e. The molecule has 1 unspecified atom stereocenters. The Bertz CT molecular complexity index is 1590. The van der Waals surface area contributed by atoms with Crippen molar-refractivity contribution in [3.05, 3.63) is 94.0 Å². The highest BCUT2D eigenvalue weighted by Crippen LogP contribution is 2.43. The molecule has 5 aromatic rings. The number of ether oxygens (including phenoxy) is 2. The van der Waals surface area contributed by atoms with Crippen molar-refractivity contribution in [2.75, 3.05) is 7.11 Å². The van der Waals surface area contributed by atoms with Gasteiger partial charge in [0.05, 0.1) is 41.4 Å². The number of aliphatic hydroxyl groups is 1. The second-order valence-electron chi connectivity index (χ2n) is 8.52. The summed E-state index contributed by atoms with van der Waals surface area (Å²) in [4.78, 5) is 17.4. The summed E-state index contributed by atoms with van der Waals surface area (Å²) in [5.41, 5.74) is 2.69. The molecule has 0 radical (unpaired) electrons. The van der Waals surface area contributed by atoms with Crippen LogP contribution in [0.15, 0.2) is 55.1 Å². The number of benzene rings is 1. The zero-order chi connectivity index (χ0) is 26.2. The predicted octanol–water partition coefficient (Wildman–Crippen LogP) is 3.69. The standard InChI is InChI=1S/C26H24ClN7O3/c1-15-5-7-20(16(2)31-15)26(35,22-13-30-33-34(22)3)17-6-8-21-19(11-17)23(27)24(25(32-21)36-4)37-14-18-12-28-9-10-29-18/h5-13,35H,14H2,1-4H3. The molecule has 4 heterocycles. The van der Waals surface area contributed by atoms with Crippen LogP contribution in [-0.2, 0) is 19.3 Å². The molecule has 0 amide bonds. The summed E-state index contributed by atoms with van der Waals surface area (Å²) < 4.78 is 13.0. The number of hydrogen-bond acceptors (Lipinski definition) is 9. The largest absolute Gasteiger partial charge is 0.480 e. The number of halogens is 1. The molecule has 1 atom stereocenters. The Balaban J connectivity index is 1.68. The third-order valence-corrected chi connectivity index (χ3v) is 6.52. The molecular formula is C26H24ClN7O3. The van der Waals surface area contributed by atoms with Crippen LogP contribution >= 0.6 is 11.6 Å². The first kappa shape index (κ1) is 24.5. The Labute approximate surface area is 217 Å². The van der Waals surface area contributed by atoms with E-state index in [9.17, 15) is 5.11 Å². The Morgan fingerprint density at radius 3 is 2.59 bits per heavy atom. The molecule has 0 saturated carbocycles. The smallest absolute Gasteiger partial charge is 0.258 e. The topological polar surface area (TPSA) is 121 Å². The van der Waals surface area contributed by atoms with E-state index in [4.69, 9.17) is 21.1 Å². The van der Waals surface area contributed by atoms with E-state index < -0.39 is 5.60 Å². The van der Waals surface area contributed by atoms with Gasteiger partial charge in [-0.1, -0.05) is 28.9 Å². The van der Waals surface area contributed by atoms with E-state index in [2.05, 4.69) is 30.2 Å². The lowest BCUT2D eigenvalue weighted by molar-refractivity contribution is 0.115. The highest BCUT2D eigenvalue weighted by molar-refractivity contribution is 6.37. The van der Waals surface area contributed by atoms with E-state index in [0.29, 0.717) is 39.1 Å². The number of aromatic nitrogens is 7. The van der Waals surface area contributed by atoms with E-state index in [1.54, 1.807) is 43.8 Å². The van der Waals surface area contributed by atoms with Crippen LogP contribution in [0.25, 0.3) is 10.9 Å². The molecule has 0 aliphatic heterocycles. The van der Waals surface area contributed by atoms with E-state index in [1.165, 1.54) is 18.0 Å². The van der Waals surface area contributed by atoms with Crippen molar-refractivity contribution in [2.45, 2.75) is 26.1 Å². The molecule has 0 spiro atoms. The highest BCUT2D eigenvalue weighted by Gasteiger charge is 2.39. The van der Waals surface area contributed by atoms with Crippen LogP contribution in [0.2, 0.25) is 5.02 Å². The molecule has 1 N–H and O–H groups in total. The van der Waals surface area contributed by atoms with Gasteiger partial charge in [-0.15, -0.1) is 5.10 Å². The molecule has 5 rings (SSSR count). The van der Waals surface area contributed by atoms with Crippen LogP contribution in [0, 0.1) is 13.8 Å². The Kier molecular flexibility index (Phi) is 6.45. The molecule has 0 saturated heterocycles. The lowest BCUT2D eigenvalue weighted by Gasteiger charge is -2.30. The third kappa shape index (κ3) is 4.34. The summed E-state index contributed by atoms with van der Waals surface area (Å²) >= 11 is 6.86. The lowest BCUT2D eigenvalue weighted by atomic mass is 9.82. The normalized spacial score (nSPS) is 12.9. The highest BCUT2D eigenvalue weighted by atomic mass is 35.5. The fraction of sp³-hybridized carbons (Fsp3) is 0.231. The second kappa shape index (κ2) is 9.72. The number of pyridine rings is 2.